The molecule has 0 aliphatic rings. The lowest BCUT2D eigenvalue weighted by molar-refractivity contribution is -0.134. The SMILES string of the molecule is CCCCC(=O)C(CCC)C(=O)NC. The van der Waals surface area contributed by atoms with E-state index in [4.69, 9.17) is 0 Å². The van der Waals surface area contributed by atoms with E-state index >= 15 is 0 Å². The van der Waals surface area contributed by atoms with Crippen molar-refractivity contribution in [2.24, 2.45) is 5.92 Å². The molecule has 1 atom stereocenters. The molecule has 82 valence electrons. The normalized spacial score (nSPS) is 12.2. The van der Waals surface area contributed by atoms with Crippen molar-refractivity contribution in [2.45, 2.75) is 46.0 Å². The molecule has 0 saturated heterocycles. The Labute approximate surface area is 86.3 Å². The fraction of sp³-hybridized carbons (Fsp3) is 0.818. The quantitative estimate of drug-likeness (QED) is 0.637. The minimum absolute atomic E-state index is 0.0908. The number of hydrogen-bond acceptors (Lipinski definition) is 2. The number of nitrogens with one attached hydrogen (secondary N) is 1. The van der Waals surface area contributed by atoms with Crippen LogP contribution in [0.25, 0.3) is 0 Å². The van der Waals surface area contributed by atoms with Crippen LogP contribution in [0.2, 0.25) is 0 Å². The first kappa shape index (κ1) is 13.1. The molecule has 0 aliphatic heterocycles. The van der Waals surface area contributed by atoms with E-state index in [-0.39, 0.29) is 11.7 Å². The van der Waals surface area contributed by atoms with Crippen LogP contribution in [-0.4, -0.2) is 18.7 Å². The average Bonchev–Trinajstić information content (AvgIpc) is 2.21. The van der Waals surface area contributed by atoms with E-state index in [2.05, 4.69) is 5.32 Å². The summed E-state index contributed by atoms with van der Waals surface area (Å²) in [5.74, 6) is -0.461. The molecular formula is C11H21NO2. The number of carbonyl (C=O) groups is 2. The zero-order chi connectivity index (χ0) is 11.0. The second-order valence-electron chi connectivity index (χ2n) is 3.53. The minimum Gasteiger partial charge on any atom is -0.359 e. The highest BCUT2D eigenvalue weighted by Crippen LogP contribution is 2.12. The molecule has 0 heterocycles. The van der Waals surface area contributed by atoms with Crippen molar-refractivity contribution in [1.82, 2.24) is 5.32 Å². The molecule has 0 aromatic rings. The van der Waals surface area contributed by atoms with Crippen LogP contribution in [0.1, 0.15) is 46.0 Å². The lowest BCUT2D eigenvalue weighted by Crippen LogP contribution is -2.32. The van der Waals surface area contributed by atoms with E-state index < -0.39 is 5.92 Å². The highest BCUT2D eigenvalue weighted by Gasteiger charge is 2.23. The highest BCUT2D eigenvalue weighted by atomic mass is 16.2. The van der Waals surface area contributed by atoms with Crippen molar-refractivity contribution in [3.63, 3.8) is 0 Å². The largest absolute Gasteiger partial charge is 0.359 e. The van der Waals surface area contributed by atoms with Gasteiger partial charge < -0.3 is 5.32 Å². The smallest absolute Gasteiger partial charge is 0.230 e. The van der Waals surface area contributed by atoms with E-state index in [1.807, 2.05) is 13.8 Å². The van der Waals surface area contributed by atoms with Crippen LogP contribution in [0, 0.1) is 5.92 Å². The van der Waals surface area contributed by atoms with E-state index in [1.165, 1.54) is 0 Å². The molecule has 1 unspecified atom stereocenters. The molecule has 1 amide bonds. The van der Waals surface area contributed by atoms with Crippen molar-refractivity contribution in [3.05, 3.63) is 0 Å². The molecule has 14 heavy (non-hydrogen) atoms. The molecule has 0 saturated carbocycles. The molecule has 0 aliphatic carbocycles. The fourth-order valence-electron chi connectivity index (χ4n) is 1.43. The predicted molar refractivity (Wildman–Crippen MR) is 57.0 cm³/mol. The summed E-state index contributed by atoms with van der Waals surface area (Å²) in [6.45, 7) is 4.03. The first-order valence-electron chi connectivity index (χ1n) is 5.41. The Hall–Kier alpha value is -0.860. The molecule has 0 radical (unpaired) electrons. The zero-order valence-corrected chi connectivity index (χ0v) is 9.43. The van der Waals surface area contributed by atoms with Gasteiger partial charge in [-0.05, 0) is 12.8 Å². The van der Waals surface area contributed by atoms with Gasteiger partial charge in [0.05, 0.1) is 5.92 Å². The second-order valence-corrected chi connectivity index (χ2v) is 3.53. The third kappa shape index (κ3) is 4.40. The number of Topliss-reactive ketones (excluding diaryl/α,β-unsaturated/α-hetero) is 1. The Kier molecular flexibility index (Phi) is 7.07. The van der Waals surface area contributed by atoms with Gasteiger partial charge in [-0.1, -0.05) is 26.7 Å². The molecule has 0 aromatic carbocycles. The summed E-state index contributed by atoms with van der Waals surface area (Å²) < 4.78 is 0. The third-order valence-corrected chi connectivity index (χ3v) is 2.31. The summed E-state index contributed by atoms with van der Waals surface area (Å²) in [7, 11) is 1.58. The molecule has 0 aromatic heterocycles. The molecule has 3 nitrogen and oxygen atoms in total. The van der Waals surface area contributed by atoms with Crippen LogP contribution in [0.5, 0.6) is 0 Å². The minimum atomic E-state index is -0.420. The molecular weight excluding hydrogens is 178 g/mol. The van der Waals surface area contributed by atoms with Crippen LogP contribution in [0.15, 0.2) is 0 Å². The Morgan fingerprint density at radius 3 is 2.29 bits per heavy atom. The second kappa shape index (κ2) is 7.54. The van der Waals surface area contributed by atoms with Gasteiger partial charge in [-0.25, -0.2) is 0 Å². The van der Waals surface area contributed by atoms with Gasteiger partial charge in [0.2, 0.25) is 5.91 Å². The van der Waals surface area contributed by atoms with Crippen LogP contribution in [0.3, 0.4) is 0 Å². The van der Waals surface area contributed by atoms with Gasteiger partial charge in [0.15, 0.2) is 0 Å². The molecule has 0 bridgehead atoms. The van der Waals surface area contributed by atoms with Gasteiger partial charge in [0, 0.05) is 13.5 Å². The lowest BCUT2D eigenvalue weighted by atomic mass is 9.94. The summed E-state index contributed by atoms with van der Waals surface area (Å²) in [5.41, 5.74) is 0. The number of carbonyl (C=O) groups excluding carboxylic acids is 2. The zero-order valence-electron chi connectivity index (χ0n) is 9.43. The van der Waals surface area contributed by atoms with Crippen LogP contribution < -0.4 is 5.32 Å². The van der Waals surface area contributed by atoms with Gasteiger partial charge >= 0.3 is 0 Å². The van der Waals surface area contributed by atoms with Crippen molar-refractivity contribution in [1.29, 1.82) is 0 Å². The summed E-state index contributed by atoms with van der Waals surface area (Å²) in [4.78, 5) is 23.0. The first-order chi connectivity index (χ1) is 6.67. The Morgan fingerprint density at radius 1 is 1.21 bits per heavy atom. The molecule has 0 rings (SSSR count). The number of ketones is 1. The number of hydrogen-bond donors (Lipinski definition) is 1. The Bertz CT molecular complexity index is 190. The number of amides is 1. The Morgan fingerprint density at radius 2 is 1.86 bits per heavy atom. The first-order valence-corrected chi connectivity index (χ1v) is 5.41. The number of rotatable bonds is 7. The fourth-order valence-corrected chi connectivity index (χ4v) is 1.43. The van der Waals surface area contributed by atoms with Gasteiger partial charge in [-0.15, -0.1) is 0 Å². The predicted octanol–water partition coefficient (Wildman–Crippen LogP) is 1.91. The van der Waals surface area contributed by atoms with Crippen molar-refractivity contribution >= 4 is 11.7 Å². The molecule has 0 spiro atoms. The molecule has 0 fully saturated rings. The van der Waals surface area contributed by atoms with Gasteiger partial charge in [-0.2, -0.15) is 0 Å². The monoisotopic (exact) mass is 199 g/mol. The topological polar surface area (TPSA) is 46.2 Å². The van der Waals surface area contributed by atoms with Crippen LogP contribution in [0.4, 0.5) is 0 Å². The highest BCUT2D eigenvalue weighted by molar-refractivity contribution is 6.01. The van der Waals surface area contributed by atoms with Crippen LogP contribution >= 0.6 is 0 Å². The van der Waals surface area contributed by atoms with Crippen molar-refractivity contribution in [2.75, 3.05) is 7.05 Å². The third-order valence-electron chi connectivity index (χ3n) is 2.31. The van der Waals surface area contributed by atoms with Crippen molar-refractivity contribution in [3.8, 4) is 0 Å². The summed E-state index contributed by atoms with van der Waals surface area (Å²) in [6.07, 6.45) is 3.96. The molecule has 1 N–H and O–H groups in total. The van der Waals surface area contributed by atoms with E-state index in [0.29, 0.717) is 12.8 Å². The standard InChI is InChI=1S/C11H21NO2/c1-4-6-8-10(13)9(7-5-2)11(14)12-3/h9H,4-8H2,1-3H3,(H,12,14). The van der Waals surface area contributed by atoms with E-state index in [9.17, 15) is 9.59 Å². The van der Waals surface area contributed by atoms with Gasteiger partial charge in [0.25, 0.3) is 0 Å². The number of unbranched alkanes of at least 4 members (excludes halogenated alkanes) is 1. The van der Waals surface area contributed by atoms with Gasteiger partial charge in [0.1, 0.15) is 5.78 Å². The lowest BCUT2D eigenvalue weighted by Gasteiger charge is -2.12. The maximum atomic E-state index is 11.6. The summed E-state index contributed by atoms with van der Waals surface area (Å²) in [5, 5.41) is 2.55. The Balaban J connectivity index is 4.18. The van der Waals surface area contributed by atoms with Crippen LogP contribution in [-0.2, 0) is 9.59 Å². The average molecular weight is 199 g/mol. The maximum Gasteiger partial charge on any atom is 0.230 e. The molecule has 3 heteroatoms. The summed E-state index contributed by atoms with van der Waals surface area (Å²) in [6, 6.07) is 0. The van der Waals surface area contributed by atoms with E-state index in [1.54, 1.807) is 7.05 Å². The summed E-state index contributed by atoms with van der Waals surface area (Å²) >= 11 is 0. The van der Waals surface area contributed by atoms with Crippen molar-refractivity contribution < 1.29 is 9.59 Å². The van der Waals surface area contributed by atoms with Gasteiger partial charge in [-0.3, -0.25) is 9.59 Å². The maximum absolute atomic E-state index is 11.6. The van der Waals surface area contributed by atoms with E-state index in [0.717, 1.165) is 19.3 Å².